The quantitative estimate of drug-likeness (QED) is 0.875. The lowest BCUT2D eigenvalue weighted by atomic mass is 9.73. The summed E-state index contributed by atoms with van der Waals surface area (Å²) in [5.74, 6) is 1.88. The summed E-state index contributed by atoms with van der Waals surface area (Å²) in [7, 11) is 1.95. The highest BCUT2D eigenvalue weighted by molar-refractivity contribution is 5.51. The van der Waals surface area contributed by atoms with E-state index < -0.39 is 0 Å². The molecule has 1 saturated carbocycles. The molecule has 2 aromatic rings. The average molecular weight is 339 g/mol. The molecule has 1 aliphatic carbocycles. The van der Waals surface area contributed by atoms with Gasteiger partial charge in [-0.3, -0.25) is 0 Å². The van der Waals surface area contributed by atoms with Crippen molar-refractivity contribution in [3.63, 3.8) is 0 Å². The Morgan fingerprint density at radius 2 is 2.12 bits per heavy atom. The first-order valence-electron chi connectivity index (χ1n) is 9.02. The Kier molecular flexibility index (Phi) is 4.25. The number of anilines is 2. The predicted molar refractivity (Wildman–Crippen MR) is 99.2 cm³/mol. The summed E-state index contributed by atoms with van der Waals surface area (Å²) in [5.41, 5.74) is 2.22. The van der Waals surface area contributed by atoms with Crippen LogP contribution in [0.1, 0.15) is 37.3 Å². The Morgan fingerprint density at radius 3 is 2.80 bits per heavy atom. The topological polar surface area (TPSA) is 57.6 Å². The van der Waals surface area contributed by atoms with E-state index in [-0.39, 0.29) is 18.2 Å². The lowest BCUT2D eigenvalue weighted by Gasteiger charge is -2.48. The second-order valence-corrected chi connectivity index (χ2v) is 7.12. The number of para-hydroxylation sites is 1. The van der Waals surface area contributed by atoms with Gasteiger partial charge in [-0.1, -0.05) is 18.2 Å². The number of hydrogen-bond donors (Lipinski definition) is 2. The zero-order valence-electron chi connectivity index (χ0n) is 14.6. The van der Waals surface area contributed by atoms with Crippen LogP contribution in [-0.2, 0) is 0 Å². The minimum atomic E-state index is 0.00725. The van der Waals surface area contributed by atoms with Gasteiger partial charge in [0, 0.05) is 25.6 Å². The number of rotatable bonds is 5. The number of aliphatic hydroxyl groups is 1. The number of aliphatic hydroxyl groups excluding tert-OH is 1. The number of pyridine rings is 1. The third-order valence-electron chi connectivity index (χ3n) is 5.41. The van der Waals surface area contributed by atoms with Gasteiger partial charge >= 0.3 is 0 Å². The lowest BCUT2D eigenvalue weighted by Crippen LogP contribution is -2.48. The van der Waals surface area contributed by atoms with Crippen molar-refractivity contribution in [1.29, 1.82) is 0 Å². The molecule has 2 N–H and O–H groups in total. The van der Waals surface area contributed by atoms with Crippen LogP contribution in [0, 0.1) is 0 Å². The molecule has 1 spiro atoms. The summed E-state index contributed by atoms with van der Waals surface area (Å²) < 4.78 is 6.31. The summed E-state index contributed by atoms with van der Waals surface area (Å²) in [6.07, 6.45) is 6.36. The molecular formula is C20H25N3O2. The number of ether oxygens (including phenoxy) is 1. The molecule has 5 nitrogen and oxygen atoms in total. The Hall–Kier alpha value is -2.27. The van der Waals surface area contributed by atoms with E-state index >= 15 is 0 Å². The zero-order chi connectivity index (χ0) is 17.3. The van der Waals surface area contributed by atoms with Crippen LogP contribution in [0.3, 0.4) is 0 Å². The molecule has 1 aromatic carbocycles. The molecule has 1 fully saturated rings. The largest absolute Gasteiger partial charge is 0.487 e. The predicted octanol–water partition coefficient (Wildman–Crippen LogP) is 3.37. The van der Waals surface area contributed by atoms with Crippen molar-refractivity contribution in [3.05, 3.63) is 48.2 Å². The standard InChI is InChI=1S/C20H25N3O2/c1-23(11-12-24)15-7-8-19(21-14-15)22-17-13-20(9-4-10-20)25-18-6-3-2-5-16(17)18/h2-3,5-8,14,17,24H,4,9-13H2,1H3,(H,21,22). The van der Waals surface area contributed by atoms with Crippen molar-refractivity contribution >= 4 is 11.5 Å². The molecule has 0 radical (unpaired) electrons. The van der Waals surface area contributed by atoms with Crippen molar-refractivity contribution in [3.8, 4) is 5.75 Å². The van der Waals surface area contributed by atoms with E-state index in [2.05, 4.69) is 28.5 Å². The van der Waals surface area contributed by atoms with Gasteiger partial charge in [-0.2, -0.15) is 0 Å². The van der Waals surface area contributed by atoms with Crippen LogP contribution >= 0.6 is 0 Å². The molecule has 1 aromatic heterocycles. The molecule has 0 bridgehead atoms. The maximum atomic E-state index is 9.05. The molecular weight excluding hydrogens is 314 g/mol. The van der Waals surface area contributed by atoms with Crippen molar-refractivity contribution < 1.29 is 9.84 Å². The number of fused-ring (bicyclic) bond motifs is 1. The molecule has 4 rings (SSSR count). The highest BCUT2D eigenvalue weighted by atomic mass is 16.5. The van der Waals surface area contributed by atoms with Crippen molar-refractivity contribution in [2.75, 3.05) is 30.4 Å². The monoisotopic (exact) mass is 339 g/mol. The normalized spacial score (nSPS) is 20.3. The van der Waals surface area contributed by atoms with E-state index in [1.807, 2.05) is 36.3 Å². The Bertz CT molecular complexity index is 728. The summed E-state index contributed by atoms with van der Waals surface area (Å²) >= 11 is 0. The number of hydrogen-bond acceptors (Lipinski definition) is 5. The molecule has 2 aliphatic rings. The second-order valence-electron chi connectivity index (χ2n) is 7.12. The molecule has 2 heterocycles. The molecule has 132 valence electrons. The van der Waals surface area contributed by atoms with E-state index in [0.29, 0.717) is 6.54 Å². The number of benzene rings is 1. The lowest BCUT2D eigenvalue weighted by molar-refractivity contribution is -0.0309. The SMILES string of the molecule is CN(CCO)c1ccc(NC2CC3(CCC3)Oc3ccccc32)nc1. The van der Waals surface area contributed by atoms with Crippen LogP contribution in [0.4, 0.5) is 11.5 Å². The third-order valence-corrected chi connectivity index (χ3v) is 5.41. The van der Waals surface area contributed by atoms with Crippen LogP contribution < -0.4 is 15.0 Å². The van der Waals surface area contributed by atoms with Crippen molar-refractivity contribution in [2.45, 2.75) is 37.3 Å². The van der Waals surface area contributed by atoms with Crippen LogP contribution in [0.25, 0.3) is 0 Å². The fourth-order valence-electron chi connectivity index (χ4n) is 3.78. The fraction of sp³-hybridized carbons (Fsp3) is 0.450. The van der Waals surface area contributed by atoms with Gasteiger partial charge in [-0.25, -0.2) is 4.98 Å². The molecule has 0 amide bonds. The van der Waals surface area contributed by atoms with Crippen LogP contribution in [-0.4, -0.2) is 35.9 Å². The number of nitrogens with zero attached hydrogens (tertiary/aromatic N) is 2. The van der Waals surface area contributed by atoms with Crippen LogP contribution in [0.2, 0.25) is 0 Å². The second kappa shape index (κ2) is 6.56. The van der Waals surface area contributed by atoms with Gasteiger partial charge in [0.2, 0.25) is 0 Å². The molecule has 1 atom stereocenters. The van der Waals surface area contributed by atoms with Crippen molar-refractivity contribution in [2.24, 2.45) is 0 Å². The Labute approximate surface area is 148 Å². The summed E-state index contributed by atoms with van der Waals surface area (Å²) in [6, 6.07) is 12.6. The number of likely N-dealkylation sites (N-methyl/N-ethyl adjacent to an activating group) is 1. The molecule has 25 heavy (non-hydrogen) atoms. The van der Waals surface area contributed by atoms with Crippen LogP contribution in [0.15, 0.2) is 42.6 Å². The van der Waals surface area contributed by atoms with Gasteiger partial charge in [0.15, 0.2) is 0 Å². The third kappa shape index (κ3) is 3.16. The van der Waals surface area contributed by atoms with Gasteiger partial charge in [0.25, 0.3) is 0 Å². The van der Waals surface area contributed by atoms with Crippen LogP contribution in [0.5, 0.6) is 5.75 Å². The van der Waals surface area contributed by atoms with Crippen molar-refractivity contribution in [1.82, 2.24) is 4.98 Å². The van der Waals surface area contributed by atoms with Gasteiger partial charge < -0.3 is 20.1 Å². The highest BCUT2D eigenvalue weighted by Crippen LogP contribution is 2.49. The summed E-state index contributed by atoms with van der Waals surface area (Å²) in [6.45, 7) is 0.738. The minimum Gasteiger partial charge on any atom is -0.487 e. The smallest absolute Gasteiger partial charge is 0.126 e. The van der Waals surface area contributed by atoms with E-state index in [1.54, 1.807) is 0 Å². The first-order chi connectivity index (χ1) is 12.2. The maximum Gasteiger partial charge on any atom is 0.126 e. The van der Waals surface area contributed by atoms with E-state index in [4.69, 9.17) is 9.84 Å². The van der Waals surface area contributed by atoms with E-state index in [0.717, 1.165) is 36.5 Å². The van der Waals surface area contributed by atoms with Gasteiger partial charge in [0.1, 0.15) is 17.2 Å². The minimum absolute atomic E-state index is 0.00725. The van der Waals surface area contributed by atoms with Gasteiger partial charge in [-0.15, -0.1) is 0 Å². The maximum absolute atomic E-state index is 9.05. The number of nitrogens with one attached hydrogen (secondary N) is 1. The fourth-order valence-corrected chi connectivity index (χ4v) is 3.78. The highest BCUT2D eigenvalue weighted by Gasteiger charge is 2.45. The summed E-state index contributed by atoms with van der Waals surface area (Å²) in [4.78, 5) is 6.56. The molecule has 1 aliphatic heterocycles. The van der Waals surface area contributed by atoms with Gasteiger partial charge in [0.05, 0.1) is 24.5 Å². The van der Waals surface area contributed by atoms with E-state index in [9.17, 15) is 0 Å². The number of aromatic nitrogens is 1. The Balaban J connectivity index is 1.53. The van der Waals surface area contributed by atoms with E-state index in [1.165, 1.54) is 12.0 Å². The molecule has 1 unspecified atom stereocenters. The molecule has 5 heteroatoms. The summed E-state index contributed by atoms with van der Waals surface area (Å²) in [5, 5.41) is 12.7. The zero-order valence-corrected chi connectivity index (χ0v) is 14.6. The average Bonchev–Trinajstić information content (AvgIpc) is 2.61. The first kappa shape index (κ1) is 16.2. The first-order valence-corrected chi connectivity index (χ1v) is 9.02. The Morgan fingerprint density at radius 1 is 1.28 bits per heavy atom. The molecule has 0 saturated heterocycles. The van der Waals surface area contributed by atoms with Gasteiger partial charge in [-0.05, 0) is 37.5 Å².